The van der Waals surface area contributed by atoms with Crippen molar-refractivity contribution < 1.29 is 9.32 Å². The maximum Gasteiger partial charge on any atom is 0.236 e. The minimum Gasteiger partial charge on any atom is -0.338 e. The monoisotopic (exact) mass is 150 g/mol. The number of carbonyl (C=O) groups excluding carboxylic acids is 1. The second kappa shape index (κ2) is 1.95. The van der Waals surface area contributed by atoms with Crippen molar-refractivity contribution in [1.82, 2.24) is 10.1 Å². The van der Waals surface area contributed by atoms with Crippen molar-refractivity contribution in [3.05, 3.63) is 17.5 Å². The van der Waals surface area contributed by atoms with Crippen LogP contribution in [0.3, 0.4) is 0 Å². The molecule has 0 radical (unpaired) electrons. The Morgan fingerprint density at radius 3 is 3.18 bits per heavy atom. The molecule has 4 heteroatoms. The third-order valence-corrected chi connectivity index (χ3v) is 1.59. The summed E-state index contributed by atoms with van der Waals surface area (Å²) in [5, 5.41) is 4.58. The van der Waals surface area contributed by atoms with Crippen molar-refractivity contribution in [2.24, 2.45) is 0 Å². The molecule has 0 unspecified atom stereocenters. The van der Waals surface area contributed by atoms with Gasteiger partial charge in [0.2, 0.25) is 5.71 Å². The van der Waals surface area contributed by atoms with Crippen molar-refractivity contribution in [2.75, 3.05) is 0 Å². The molecule has 0 aromatic carbocycles. The second-order valence-corrected chi connectivity index (χ2v) is 2.35. The Balaban J connectivity index is 2.79. The lowest BCUT2D eigenvalue weighted by Gasteiger charge is -1.75. The fourth-order valence-electron chi connectivity index (χ4n) is 1.02. The first-order chi connectivity index (χ1) is 5.31. The van der Waals surface area contributed by atoms with E-state index in [4.69, 9.17) is 4.52 Å². The van der Waals surface area contributed by atoms with Gasteiger partial charge in [-0.25, -0.2) is 0 Å². The van der Waals surface area contributed by atoms with Gasteiger partial charge in [0.25, 0.3) is 0 Å². The van der Waals surface area contributed by atoms with Crippen LogP contribution in [0.1, 0.15) is 16.2 Å². The predicted molar refractivity (Wildman–Crippen MR) is 38.5 cm³/mol. The number of fused-ring (bicyclic) bond motifs is 1. The van der Waals surface area contributed by atoms with E-state index in [9.17, 15) is 4.79 Å². The molecule has 56 valence electrons. The highest BCUT2D eigenvalue weighted by molar-refractivity contribution is 5.85. The van der Waals surface area contributed by atoms with Gasteiger partial charge < -0.3 is 9.51 Å². The highest BCUT2D eigenvalue weighted by Crippen LogP contribution is 2.17. The molecule has 0 saturated carbocycles. The number of hydrogen-bond acceptors (Lipinski definition) is 3. The molecule has 1 N–H and O–H groups in total. The number of nitrogens with one attached hydrogen (secondary N) is 1. The van der Waals surface area contributed by atoms with Crippen LogP contribution in [0.15, 0.2) is 10.6 Å². The molecule has 4 nitrogen and oxygen atoms in total. The first-order valence-corrected chi connectivity index (χ1v) is 3.21. The van der Waals surface area contributed by atoms with Crippen LogP contribution in [-0.4, -0.2) is 16.4 Å². The first-order valence-electron chi connectivity index (χ1n) is 3.21. The Morgan fingerprint density at radius 2 is 2.55 bits per heavy atom. The summed E-state index contributed by atoms with van der Waals surface area (Å²) in [5.41, 5.74) is 1.87. The largest absolute Gasteiger partial charge is 0.338 e. The summed E-state index contributed by atoms with van der Waals surface area (Å²) in [6.07, 6.45) is 0.745. The molecule has 0 saturated heterocycles. The Bertz CT molecular complexity index is 399. The van der Waals surface area contributed by atoms with Gasteiger partial charge in [0, 0.05) is 0 Å². The molecule has 0 aliphatic rings. The molecule has 2 aromatic rings. The van der Waals surface area contributed by atoms with E-state index >= 15 is 0 Å². The summed E-state index contributed by atoms with van der Waals surface area (Å²) in [5.74, 6) is 0. The Morgan fingerprint density at radius 1 is 1.73 bits per heavy atom. The number of nitrogens with zero attached hydrogens (tertiary/aromatic N) is 1. The van der Waals surface area contributed by atoms with Crippen LogP contribution in [0.5, 0.6) is 0 Å². The highest BCUT2D eigenvalue weighted by atomic mass is 16.5. The number of aldehydes is 1. The van der Waals surface area contributed by atoms with Crippen LogP contribution in [0.4, 0.5) is 0 Å². The molecule has 0 spiro atoms. The van der Waals surface area contributed by atoms with Gasteiger partial charge in [-0.05, 0) is 13.0 Å². The molecule has 0 fully saturated rings. The molecule has 11 heavy (non-hydrogen) atoms. The van der Waals surface area contributed by atoms with Crippen LogP contribution in [-0.2, 0) is 0 Å². The molecular formula is C7H6N2O2. The van der Waals surface area contributed by atoms with Crippen molar-refractivity contribution in [3.63, 3.8) is 0 Å². The van der Waals surface area contributed by atoms with Crippen LogP contribution in [0.25, 0.3) is 11.1 Å². The number of aryl methyl sites for hydroxylation is 1. The zero-order valence-electron chi connectivity index (χ0n) is 5.92. The van der Waals surface area contributed by atoms with E-state index in [-0.39, 0.29) is 0 Å². The molecule has 2 aromatic heterocycles. The summed E-state index contributed by atoms with van der Waals surface area (Å²) < 4.78 is 4.87. The minimum atomic E-state index is 0.518. The zero-order chi connectivity index (χ0) is 7.84. The van der Waals surface area contributed by atoms with Crippen molar-refractivity contribution in [1.29, 1.82) is 0 Å². The van der Waals surface area contributed by atoms with Crippen LogP contribution < -0.4 is 0 Å². The lowest BCUT2D eigenvalue weighted by Crippen LogP contribution is -1.75. The van der Waals surface area contributed by atoms with Gasteiger partial charge in [0.15, 0.2) is 6.29 Å². The topological polar surface area (TPSA) is 58.9 Å². The number of hydrogen-bond donors (Lipinski definition) is 1. The normalized spacial score (nSPS) is 10.6. The first kappa shape index (κ1) is 6.15. The molecule has 0 atom stereocenters. The van der Waals surface area contributed by atoms with E-state index in [0.29, 0.717) is 11.4 Å². The summed E-state index contributed by atoms with van der Waals surface area (Å²) >= 11 is 0. The molecule has 0 aliphatic carbocycles. The Hall–Kier alpha value is -1.58. The third-order valence-electron chi connectivity index (χ3n) is 1.59. The fraction of sp³-hybridized carbons (Fsp3) is 0.143. The van der Waals surface area contributed by atoms with Gasteiger partial charge >= 0.3 is 0 Å². The summed E-state index contributed by atoms with van der Waals surface area (Å²) in [7, 11) is 0. The SMILES string of the molecule is Cc1noc2[nH]c(C=O)cc12. The predicted octanol–water partition coefficient (Wildman–Crippen LogP) is 1.28. The third kappa shape index (κ3) is 0.756. The second-order valence-electron chi connectivity index (χ2n) is 2.35. The molecule has 0 bridgehead atoms. The number of rotatable bonds is 1. The van der Waals surface area contributed by atoms with E-state index in [1.807, 2.05) is 6.92 Å². The van der Waals surface area contributed by atoms with Crippen LogP contribution in [0.2, 0.25) is 0 Å². The van der Waals surface area contributed by atoms with E-state index in [0.717, 1.165) is 17.4 Å². The van der Waals surface area contributed by atoms with E-state index in [1.54, 1.807) is 6.07 Å². The van der Waals surface area contributed by atoms with Gasteiger partial charge in [-0.1, -0.05) is 5.16 Å². The molecule has 2 heterocycles. The van der Waals surface area contributed by atoms with Gasteiger partial charge in [-0.3, -0.25) is 4.79 Å². The van der Waals surface area contributed by atoms with Crippen molar-refractivity contribution in [2.45, 2.75) is 6.92 Å². The molecular weight excluding hydrogens is 144 g/mol. The number of carbonyl (C=O) groups is 1. The van der Waals surface area contributed by atoms with E-state index < -0.39 is 0 Å². The minimum absolute atomic E-state index is 0.518. The highest BCUT2D eigenvalue weighted by Gasteiger charge is 2.06. The van der Waals surface area contributed by atoms with Crippen LogP contribution in [0, 0.1) is 6.92 Å². The summed E-state index contributed by atoms with van der Waals surface area (Å²) in [6, 6.07) is 1.72. The average molecular weight is 150 g/mol. The fourth-order valence-corrected chi connectivity index (χ4v) is 1.02. The smallest absolute Gasteiger partial charge is 0.236 e. The maximum atomic E-state index is 10.3. The Labute approximate surface area is 62.2 Å². The quantitative estimate of drug-likeness (QED) is 0.623. The molecule has 0 aliphatic heterocycles. The standard InChI is InChI=1S/C7H6N2O2/c1-4-6-2-5(3-10)8-7(6)11-9-4/h2-3,8H,1H3. The lowest BCUT2D eigenvalue weighted by molar-refractivity contribution is 0.111. The van der Waals surface area contributed by atoms with Crippen LogP contribution >= 0.6 is 0 Å². The van der Waals surface area contributed by atoms with Gasteiger partial charge in [-0.2, -0.15) is 0 Å². The van der Waals surface area contributed by atoms with E-state index in [2.05, 4.69) is 10.1 Å². The van der Waals surface area contributed by atoms with E-state index in [1.165, 1.54) is 0 Å². The number of aromatic amines is 1. The summed E-state index contributed by atoms with van der Waals surface area (Å²) in [4.78, 5) is 13.1. The van der Waals surface area contributed by atoms with Gasteiger partial charge in [0.1, 0.15) is 0 Å². The maximum absolute atomic E-state index is 10.3. The Kier molecular flexibility index (Phi) is 1.09. The van der Waals surface area contributed by atoms with Gasteiger partial charge in [0.05, 0.1) is 16.8 Å². The van der Waals surface area contributed by atoms with Gasteiger partial charge in [-0.15, -0.1) is 0 Å². The van der Waals surface area contributed by atoms with Crippen molar-refractivity contribution in [3.8, 4) is 0 Å². The molecule has 0 amide bonds. The number of aromatic nitrogens is 2. The van der Waals surface area contributed by atoms with Crippen molar-refractivity contribution >= 4 is 17.4 Å². The number of H-pyrrole nitrogens is 1. The lowest BCUT2D eigenvalue weighted by atomic mass is 10.3. The zero-order valence-corrected chi connectivity index (χ0v) is 5.92. The average Bonchev–Trinajstić information content (AvgIpc) is 2.53. The molecule has 2 rings (SSSR count). The summed E-state index contributed by atoms with van der Waals surface area (Å²) in [6.45, 7) is 1.83.